The van der Waals surface area contributed by atoms with Crippen LogP contribution in [-0.4, -0.2) is 41.3 Å². The topological polar surface area (TPSA) is 72.7 Å². The number of alkyl halides is 1. The number of rotatable bonds is 3. The Labute approximate surface area is 121 Å². The highest BCUT2D eigenvalue weighted by Crippen LogP contribution is 2.28. The maximum Gasteiger partial charge on any atom is 0.310 e. The van der Waals surface area contributed by atoms with Crippen LogP contribution in [0, 0.1) is 10.1 Å². The van der Waals surface area contributed by atoms with Crippen LogP contribution in [0.5, 0.6) is 5.75 Å². The SMILES string of the molecule is COc1cc(C(=O)N2CCCC(Cl)C2)ccc1[N+](=O)[O-]. The zero-order valence-electron chi connectivity index (χ0n) is 11.0. The third-order valence-electron chi connectivity index (χ3n) is 3.27. The molecule has 1 unspecified atom stereocenters. The van der Waals surface area contributed by atoms with Gasteiger partial charge in [0.2, 0.25) is 0 Å². The number of carbonyl (C=O) groups is 1. The molecular formula is C13H15ClN2O4. The van der Waals surface area contributed by atoms with Gasteiger partial charge in [0.25, 0.3) is 5.91 Å². The first-order valence-electron chi connectivity index (χ1n) is 6.28. The van der Waals surface area contributed by atoms with Crippen molar-refractivity contribution in [3.05, 3.63) is 33.9 Å². The highest BCUT2D eigenvalue weighted by molar-refractivity contribution is 6.21. The van der Waals surface area contributed by atoms with Crippen LogP contribution in [0.15, 0.2) is 18.2 Å². The van der Waals surface area contributed by atoms with E-state index in [0.29, 0.717) is 18.7 Å². The van der Waals surface area contributed by atoms with Crippen molar-refractivity contribution in [2.75, 3.05) is 20.2 Å². The molecule has 1 aromatic rings. The molecule has 20 heavy (non-hydrogen) atoms. The summed E-state index contributed by atoms with van der Waals surface area (Å²) in [4.78, 5) is 24.3. The molecule has 6 nitrogen and oxygen atoms in total. The molecule has 1 amide bonds. The molecule has 1 aliphatic heterocycles. The molecule has 1 aromatic carbocycles. The summed E-state index contributed by atoms with van der Waals surface area (Å²) in [6.07, 6.45) is 1.76. The van der Waals surface area contributed by atoms with E-state index in [1.807, 2.05) is 0 Å². The smallest absolute Gasteiger partial charge is 0.310 e. The maximum absolute atomic E-state index is 12.3. The van der Waals surface area contributed by atoms with Gasteiger partial charge in [-0.1, -0.05) is 0 Å². The molecule has 1 fully saturated rings. The summed E-state index contributed by atoms with van der Waals surface area (Å²) in [6, 6.07) is 4.13. The molecule has 0 aliphatic carbocycles. The highest BCUT2D eigenvalue weighted by atomic mass is 35.5. The molecule has 0 saturated carbocycles. The summed E-state index contributed by atoms with van der Waals surface area (Å²) in [5, 5.41) is 10.8. The fourth-order valence-electron chi connectivity index (χ4n) is 2.25. The number of piperidine rings is 1. The highest BCUT2D eigenvalue weighted by Gasteiger charge is 2.25. The van der Waals surface area contributed by atoms with Crippen molar-refractivity contribution >= 4 is 23.2 Å². The van der Waals surface area contributed by atoms with Crippen LogP contribution >= 0.6 is 11.6 Å². The number of halogens is 1. The van der Waals surface area contributed by atoms with E-state index in [4.69, 9.17) is 16.3 Å². The van der Waals surface area contributed by atoms with Crippen molar-refractivity contribution in [2.24, 2.45) is 0 Å². The Morgan fingerprint density at radius 3 is 2.90 bits per heavy atom. The lowest BCUT2D eigenvalue weighted by Crippen LogP contribution is -2.40. The molecule has 2 rings (SSSR count). The van der Waals surface area contributed by atoms with Gasteiger partial charge < -0.3 is 9.64 Å². The van der Waals surface area contributed by atoms with Crippen molar-refractivity contribution in [3.63, 3.8) is 0 Å². The van der Waals surface area contributed by atoms with E-state index in [1.165, 1.54) is 25.3 Å². The Bertz CT molecular complexity index is 535. The number of ether oxygens (including phenoxy) is 1. The van der Waals surface area contributed by atoms with Crippen LogP contribution in [0.4, 0.5) is 5.69 Å². The minimum absolute atomic E-state index is 0.0346. The Morgan fingerprint density at radius 1 is 1.55 bits per heavy atom. The largest absolute Gasteiger partial charge is 0.490 e. The normalized spacial score (nSPS) is 18.7. The molecule has 108 valence electrons. The van der Waals surface area contributed by atoms with E-state index in [0.717, 1.165) is 12.8 Å². The first-order chi connectivity index (χ1) is 9.52. The van der Waals surface area contributed by atoms with Crippen LogP contribution in [0.25, 0.3) is 0 Å². The number of hydrogen-bond acceptors (Lipinski definition) is 4. The zero-order chi connectivity index (χ0) is 14.7. The summed E-state index contributed by atoms with van der Waals surface area (Å²) in [5.74, 6) is -0.0937. The van der Waals surface area contributed by atoms with Crippen LogP contribution in [0.3, 0.4) is 0 Å². The van der Waals surface area contributed by atoms with Crippen molar-refractivity contribution in [2.45, 2.75) is 18.2 Å². The molecule has 7 heteroatoms. The first-order valence-corrected chi connectivity index (χ1v) is 6.72. The van der Waals surface area contributed by atoms with E-state index in [2.05, 4.69) is 0 Å². The number of nitro benzene ring substituents is 1. The quantitative estimate of drug-likeness (QED) is 0.488. The first kappa shape index (κ1) is 14.6. The molecule has 0 bridgehead atoms. The van der Waals surface area contributed by atoms with Crippen molar-refractivity contribution in [3.8, 4) is 5.75 Å². The van der Waals surface area contributed by atoms with Gasteiger partial charge in [-0.2, -0.15) is 0 Å². The van der Waals surface area contributed by atoms with E-state index >= 15 is 0 Å². The van der Waals surface area contributed by atoms with Gasteiger partial charge in [0.1, 0.15) is 0 Å². The number of methoxy groups -OCH3 is 1. The fourth-order valence-corrected chi connectivity index (χ4v) is 2.57. The Kier molecular flexibility index (Phi) is 4.44. The van der Waals surface area contributed by atoms with Gasteiger partial charge in [-0.3, -0.25) is 14.9 Å². The van der Waals surface area contributed by atoms with Gasteiger partial charge >= 0.3 is 5.69 Å². The molecule has 1 aliphatic rings. The summed E-state index contributed by atoms with van der Waals surface area (Å²) >= 11 is 6.06. The van der Waals surface area contributed by atoms with Gasteiger partial charge in [-0.15, -0.1) is 11.6 Å². The van der Waals surface area contributed by atoms with Gasteiger partial charge in [0, 0.05) is 30.8 Å². The summed E-state index contributed by atoms with van der Waals surface area (Å²) in [6.45, 7) is 1.15. The number of likely N-dealkylation sites (tertiary alicyclic amines) is 1. The van der Waals surface area contributed by atoms with Crippen molar-refractivity contribution in [1.29, 1.82) is 0 Å². The molecule has 1 saturated heterocycles. The zero-order valence-corrected chi connectivity index (χ0v) is 11.8. The van der Waals surface area contributed by atoms with Crippen LogP contribution in [-0.2, 0) is 0 Å². The van der Waals surface area contributed by atoms with Gasteiger partial charge in [-0.25, -0.2) is 0 Å². The average molecular weight is 299 g/mol. The minimum atomic E-state index is -0.539. The lowest BCUT2D eigenvalue weighted by molar-refractivity contribution is -0.385. The van der Waals surface area contributed by atoms with E-state index < -0.39 is 4.92 Å². The average Bonchev–Trinajstić information content (AvgIpc) is 2.45. The number of carbonyl (C=O) groups excluding carboxylic acids is 1. The summed E-state index contributed by atoms with van der Waals surface area (Å²) in [7, 11) is 1.34. The second-order valence-corrected chi connectivity index (χ2v) is 5.25. The standard InChI is InChI=1S/C13H15ClN2O4/c1-20-12-7-9(4-5-11(12)16(18)19)13(17)15-6-2-3-10(14)8-15/h4-5,7,10H,2-3,6,8H2,1H3. The van der Waals surface area contributed by atoms with Crippen LogP contribution in [0.2, 0.25) is 0 Å². The monoisotopic (exact) mass is 298 g/mol. The van der Waals surface area contributed by atoms with Crippen LogP contribution < -0.4 is 4.74 Å². The Balaban J connectivity index is 2.24. The fraction of sp³-hybridized carbons (Fsp3) is 0.462. The van der Waals surface area contributed by atoms with Gasteiger partial charge in [0.05, 0.1) is 17.4 Å². The molecular weight excluding hydrogens is 284 g/mol. The van der Waals surface area contributed by atoms with Crippen molar-refractivity contribution in [1.82, 2.24) is 4.90 Å². The second-order valence-electron chi connectivity index (χ2n) is 4.63. The number of nitro groups is 1. The maximum atomic E-state index is 12.3. The summed E-state index contributed by atoms with van der Waals surface area (Å²) in [5.41, 5.74) is 0.219. The van der Waals surface area contributed by atoms with Crippen LogP contribution in [0.1, 0.15) is 23.2 Å². The van der Waals surface area contributed by atoms with Crippen molar-refractivity contribution < 1.29 is 14.5 Å². The molecule has 1 heterocycles. The third-order valence-corrected chi connectivity index (χ3v) is 3.63. The van der Waals surface area contributed by atoms with E-state index in [1.54, 1.807) is 4.90 Å². The van der Waals surface area contributed by atoms with E-state index in [9.17, 15) is 14.9 Å². The van der Waals surface area contributed by atoms with Gasteiger partial charge in [-0.05, 0) is 18.9 Å². The number of benzene rings is 1. The molecule has 0 radical (unpaired) electrons. The Morgan fingerprint density at radius 2 is 2.30 bits per heavy atom. The molecule has 0 N–H and O–H groups in total. The molecule has 0 spiro atoms. The lowest BCUT2D eigenvalue weighted by Gasteiger charge is -2.29. The summed E-state index contributed by atoms with van der Waals surface area (Å²) < 4.78 is 4.97. The second kappa shape index (κ2) is 6.09. The minimum Gasteiger partial charge on any atom is -0.490 e. The molecule has 0 aromatic heterocycles. The number of nitrogens with zero attached hydrogens (tertiary/aromatic N) is 2. The van der Waals surface area contributed by atoms with Gasteiger partial charge in [0.15, 0.2) is 5.75 Å². The Hall–Kier alpha value is -1.82. The lowest BCUT2D eigenvalue weighted by atomic mass is 10.1. The molecule has 1 atom stereocenters. The van der Waals surface area contributed by atoms with E-state index in [-0.39, 0.29) is 22.7 Å². The number of hydrogen-bond donors (Lipinski definition) is 0. The predicted octanol–water partition coefficient (Wildman–Crippen LogP) is 2.45. The predicted molar refractivity (Wildman–Crippen MR) is 74.4 cm³/mol. The number of amides is 1. The third kappa shape index (κ3) is 3.01.